The maximum atomic E-state index is 12.6. The van der Waals surface area contributed by atoms with E-state index in [9.17, 15) is 8.42 Å². The topological polar surface area (TPSA) is 87.2 Å². The van der Waals surface area contributed by atoms with Gasteiger partial charge in [-0.15, -0.1) is 0 Å². The second-order valence-corrected chi connectivity index (χ2v) is 7.70. The number of halogens is 1. The molecule has 7 heteroatoms. The molecule has 1 atom stereocenters. The van der Waals surface area contributed by atoms with E-state index in [0.29, 0.717) is 19.0 Å². The van der Waals surface area contributed by atoms with Crippen molar-refractivity contribution in [2.45, 2.75) is 30.7 Å². The third kappa shape index (κ3) is 3.38. The van der Waals surface area contributed by atoms with Crippen molar-refractivity contribution in [3.05, 3.63) is 28.8 Å². The maximum Gasteiger partial charge on any atom is 0.243 e. The van der Waals surface area contributed by atoms with Crippen LogP contribution in [0.3, 0.4) is 0 Å². The molecular weight excluding hydrogens is 310 g/mol. The van der Waals surface area contributed by atoms with E-state index in [4.69, 9.17) is 22.6 Å². The number of sulfonamides is 1. The molecule has 0 aliphatic carbocycles. The van der Waals surface area contributed by atoms with Crippen LogP contribution in [0, 0.1) is 17.2 Å². The highest BCUT2D eigenvalue weighted by atomic mass is 35.5. The van der Waals surface area contributed by atoms with E-state index in [2.05, 4.69) is 0 Å². The number of benzene rings is 1. The lowest BCUT2D eigenvalue weighted by Crippen LogP contribution is -2.42. The standard InChI is InChI=1S/C14H18ClN3O2S/c1-10(17)11-4-6-18(7-5-11)21(19,20)13-3-2-12(9-16)14(15)8-13/h2-3,8,10-11H,4-7,17H2,1H3. The van der Waals surface area contributed by atoms with E-state index in [-0.39, 0.29) is 21.5 Å². The third-order valence-corrected chi connectivity index (χ3v) is 6.15. The highest BCUT2D eigenvalue weighted by Crippen LogP contribution is 2.27. The maximum absolute atomic E-state index is 12.6. The molecule has 1 heterocycles. The van der Waals surface area contributed by atoms with E-state index in [1.165, 1.54) is 22.5 Å². The predicted octanol–water partition coefficient (Wildman–Crippen LogP) is 1.96. The highest BCUT2D eigenvalue weighted by Gasteiger charge is 2.30. The first-order valence-corrected chi connectivity index (χ1v) is 8.63. The second-order valence-electron chi connectivity index (χ2n) is 5.35. The summed E-state index contributed by atoms with van der Waals surface area (Å²) < 4.78 is 26.6. The summed E-state index contributed by atoms with van der Waals surface area (Å²) in [5, 5.41) is 8.99. The number of nitrogens with two attached hydrogens (primary N) is 1. The van der Waals surface area contributed by atoms with Gasteiger partial charge in [0.15, 0.2) is 0 Å². The Balaban J connectivity index is 2.20. The molecule has 1 aromatic rings. The summed E-state index contributed by atoms with van der Waals surface area (Å²) in [6, 6.07) is 6.20. The minimum Gasteiger partial charge on any atom is -0.328 e. The van der Waals surface area contributed by atoms with E-state index in [1.54, 1.807) is 0 Å². The fraction of sp³-hybridized carbons (Fsp3) is 0.500. The number of nitrogens with zero attached hydrogens (tertiary/aromatic N) is 2. The van der Waals surface area contributed by atoms with Crippen LogP contribution in [0.5, 0.6) is 0 Å². The Morgan fingerprint density at radius 1 is 1.43 bits per heavy atom. The SMILES string of the molecule is CC(N)C1CCN(S(=O)(=O)c2ccc(C#N)c(Cl)c2)CC1. The summed E-state index contributed by atoms with van der Waals surface area (Å²) in [7, 11) is -3.56. The first kappa shape index (κ1) is 16.2. The zero-order chi connectivity index (χ0) is 15.6. The Hall–Kier alpha value is -1.13. The Labute approximate surface area is 130 Å². The van der Waals surface area contributed by atoms with Crippen molar-refractivity contribution in [3.63, 3.8) is 0 Å². The lowest BCUT2D eigenvalue weighted by molar-refractivity contribution is 0.250. The quantitative estimate of drug-likeness (QED) is 0.919. The third-order valence-electron chi connectivity index (χ3n) is 3.94. The van der Waals surface area contributed by atoms with Crippen LogP contribution in [0.2, 0.25) is 5.02 Å². The molecule has 0 amide bonds. The largest absolute Gasteiger partial charge is 0.328 e. The fourth-order valence-electron chi connectivity index (χ4n) is 2.54. The smallest absolute Gasteiger partial charge is 0.243 e. The minimum absolute atomic E-state index is 0.0826. The number of piperidine rings is 1. The van der Waals surface area contributed by atoms with Crippen LogP contribution in [0.25, 0.3) is 0 Å². The molecule has 0 spiro atoms. The molecule has 1 saturated heterocycles. The van der Waals surface area contributed by atoms with Crippen LogP contribution >= 0.6 is 11.6 Å². The monoisotopic (exact) mass is 327 g/mol. The number of hydrogen-bond acceptors (Lipinski definition) is 4. The van der Waals surface area contributed by atoms with Crippen molar-refractivity contribution in [2.75, 3.05) is 13.1 Å². The molecule has 0 radical (unpaired) electrons. The van der Waals surface area contributed by atoms with Crippen LogP contribution in [-0.2, 0) is 10.0 Å². The van der Waals surface area contributed by atoms with Crippen LogP contribution in [0.4, 0.5) is 0 Å². The van der Waals surface area contributed by atoms with Crippen LogP contribution in [0.1, 0.15) is 25.3 Å². The van der Waals surface area contributed by atoms with Gasteiger partial charge in [0.2, 0.25) is 10.0 Å². The molecule has 5 nitrogen and oxygen atoms in total. The van der Waals surface area contributed by atoms with Gasteiger partial charge in [0.1, 0.15) is 6.07 Å². The summed E-state index contributed by atoms with van der Waals surface area (Å²) in [6.45, 7) is 2.88. The molecule has 0 saturated carbocycles. The molecular formula is C14H18ClN3O2S. The number of rotatable bonds is 3. The Morgan fingerprint density at radius 3 is 2.52 bits per heavy atom. The van der Waals surface area contributed by atoms with E-state index in [1.807, 2.05) is 13.0 Å². The Bertz CT molecular complexity index is 659. The first-order chi connectivity index (χ1) is 9.86. The van der Waals surface area contributed by atoms with Crippen LogP contribution in [-0.4, -0.2) is 31.9 Å². The zero-order valence-electron chi connectivity index (χ0n) is 11.8. The molecule has 114 valence electrons. The number of nitriles is 1. The molecule has 1 unspecified atom stereocenters. The van der Waals surface area contributed by atoms with Crippen molar-refractivity contribution < 1.29 is 8.42 Å². The van der Waals surface area contributed by atoms with Crippen LogP contribution < -0.4 is 5.73 Å². The summed E-state index contributed by atoms with van der Waals surface area (Å²) >= 11 is 5.92. The Kier molecular flexibility index (Phi) is 4.89. The van der Waals surface area contributed by atoms with Gasteiger partial charge in [-0.2, -0.15) is 9.57 Å². The van der Waals surface area contributed by atoms with Gasteiger partial charge >= 0.3 is 0 Å². The summed E-state index contributed by atoms with van der Waals surface area (Å²) in [6.07, 6.45) is 1.53. The van der Waals surface area contributed by atoms with E-state index >= 15 is 0 Å². The molecule has 1 fully saturated rings. The molecule has 1 aliphatic heterocycles. The van der Waals surface area contributed by atoms with Gasteiger partial charge in [-0.1, -0.05) is 11.6 Å². The van der Waals surface area contributed by atoms with Gasteiger partial charge in [-0.25, -0.2) is 8.42 Å². The second kappa shape index (κ2) is 6.32. The van der Waals surface area contributed by atoms with Gasteiger partial charge in [0.05, 0.1) is 15.5 Å². The normalized spacial score (nSPS) is 19.1. The first-order valence-electron chi connectivity index (χ1n) is 6.81. The van der Waals surface area contributed by atoms with Gasteiger partial charge in [-0.05, 0) is 43.9 Å². The molecule has 2 rings (SSSR count). The predicted molar refractivity (Wildman–Crippen MR) is 81.3 cm³/mol. The van der Waals surface area contributed by atoms with Crippen molar-refractivity contribution >= 4 is 21.6 Å². The molecule has 21 heavy (non-hydrogen) atoms. The molecule has 0 aromatic heterocycles. The molecule has 0 bridgehead atoms. The van der Waals surface area contributed by atoms with E-state index in [0.717, 1.165) is 12.8 Å². The van der Waals surface area contributed by atoms with Crippen molar-refractivity contribution in [1.82, 2.24) is 4.31 Å². The van der Waals surface area contributed by atoms with Crippen molar-refractivity contribution in [2.24, 2.45) is 11.7 Å². The van der Waals surface area contributed by atoms with Gasteiger partial charge in [0.25, 0.3) is 0 Å². The molecule has 1 aromatic carbocycles. The number of hydrogen-bond donors (Lipinski definition) is 1. The van der Waals surface area contributed by atoms with E-state index < -0.39 is 10.0 Å². The summed E-state index contributed by atoms with van der Waals surface area (Å²) in [4.78, 5) is 0.130. The average molecular weight is 328 g/mol. The van der Waals surface area contributed by atoms with Crippen molar-refractivity contribution in [1.29, 1.82) is 5.26 Å². The van der Waals surface area contributed by atoms with Gasteiger partial charge in [0, 0.05) is 19.1 Å². The zero-order valence-corrected chi connectivity index (χ0v) is 13.4. The van der Waals surface area contributed by atoms with Crippen LogP contribution in [0.15, 0.2) is 23.1 Å². The fourth-order valence-corrected chi connectivity index (χ4v) is 4.32. The average Bonchev–Trinajstić information content (AvgIpc) is 2.47. The minimum atomic E-state index is -3.56. The van der Waals surface area contributed by atoms with Gasteiger partial charge < -0.3 is 5.73 Å². The molecule has 2 N–H and O–H groups in total. The lowest BCUT2D eigenvalue weighted by atomic mass is 9.92. The lowest BCUT2D eigenvalue weighted by Gasteiger charge is -2.32. The highest BCUT2D eigenvalue weighted by molar-refractivity contribution is 7.89. The summed E-state index contributed by atoms with van der Waals surface area (Å²) in [5.41, 5.74) is 6.14. The molecule has 1 aliphatic rings. The van der Waals surface area contributed by atoms with Gasteiger partial charge in [-0.3, -0.25) is 0 Å². The Morgan fingerprint density at radius 2 is 2.05 bits per heavy atom. The summed E-state index contributed by atoms with van der Waals surface area (Å²) in [5.74, 6) is 0.362. The van der Waals surface area contributed by atoms with Crippen molar-refractivity contribution in [3.8, 4) is 6.07 Å².